The minimum absolute atomic E-state index is 0.125. The molecule has 0 spiro atoms. The smallest absolute Gasteiger partial charge is 0.416 e. The number of nitro groups is 1. The number of aromatic nitrogens is 1. The highest BCUT2D eigenvalue weighted by molar-refractivity contribution is 7.22. The van der Waals surface area contributed by atoms with Crippen LogP contribution in [0.4, 0.5) is 28.8 Å². The number of carboxylic acid groups (broad SMARTS) is 1. The van der Waals surface area contributed by atoms with E-state index in [0.717, 1.165) is 40.5 Å². The van der Waals surface area contributed by atoms with Crippen LogP contribution in [0.15, 0.2) is 60.7 Å². The third-order valence-corrected chi connectivity index (χ3v) is 6.38. The molecular weight excluding hydrogens is 565 g/mol. The number of amides is 2. The number of urea groups is 1. The number of thiazole rings is 1. The molecule has 0 bridgehead atoms. The Labute approximate surface area is 227 Å². The van der Waals surface area contributed by atoms with Crippen molar-refractivity contribution in [2.24, 2.45) is 0 Å². The molecule has 0 fully saturated rings. The van der Waals surface area contributed by atoms with E-state index in [-0.39, 0.29) is 22.6 Å². The molecule has 3 aromatic carbocycles. The molecule has 0 unspecified atom stereocenters. The van der Waals surface area contributed by atoms with Gasteiger partial charge in [0.2, 0.25) is 0 Å². The van der Waals surface area contributed by atoms with Gasteiger partial charge in [0.1, 0.15) is 17.1 Å². The summed E-state index contributed by atoms with van der Waals surface area (Å²) in [6.07, 6.45) is -4.58. The van der Waals surface area contributed by atoms with E-state index in [1.165, 1.54) is 16.2 Å². The molecule has 0 saturated heterocycles. The van der Waals surface area contributed by atoms with E-state index in [4.69, 9.17) is 21.4 Å². The Morgan fingerprint density at radius 1 is 1.15 bits per heavy atom. The first-order valence-electron chi connectivity index (χ1n) is 10.7. The number of nitrogens with zero attached hydrogens (tertiary/aromatic N) is 3. The summed E-state index contributed by atoms with van der Waals surface area (Å²) < 4.78 is 44.0. The number of rotatable bonds is 5. The highest BCUT2D eigenvalue weighted by Crippen LogP contribution is 2.37. The predicted molar refractivity (Wildman–Crippen MR) is 139 cm³/mol. The Morgan fingerprint density at radius 2 is 1.85 bits per heavy atom. The molecule has 0 aliphatic carbocycles. The SMILES string of the molecule is CNC(=O)N(C)c1nc2ccccc2s1.O=C(O)c1cc(Oc2ccc(C(F)(F)F)cc2Cl)ccc1[N+](=O)[O-]. The van der Waals surface area contributed by atoms with Gasteiger partial charge in [-0.1, -0.05) is 35.1 Å². The van der Waals surface area contributed by atoms with Crippen molar-refractivity contribution in [1.29, 1.82) is 0 Å². The predicted octanol–water partition coefficient (Wildman–Crippen LogP) is 6.83. The van der Waals surface area contributed by atoms with Gasteiger partial charge in [0.15, 0.2) is 5.13 Å². The number of hydrogen-bond donors (Lipinski definition) is 2. The van der Waals surface area contributed by atoms with Gasteiger partial charge in [-0.05, 0) is 36.4 Å². The minimum Gasteiger partial charge on any atom is -0.477 e. The Bertz CT molecular complexity index is 1510. The second kappa shape index (κ2) is 12.0. The third-order valence-electron chi connectivity index (χ3n) is 4.97. The zero-order valence-corrected chi connectivity index (χ0v) is 21.6. The fraction of sp³-hybridized carbons (Fsp3) is 0.125. The van der Waals surface area contributed by atoms with E-state index in [9.17, 15) is 32.9 Å². The number of ether oxygens (including phenoxy) is 1. The van der Waals surface area contributed by atoms with Crippen LogP contribution < -0.4 is 15.0 Å². The van der Waals surface area contributed by atoms with Gasteiger partial charge in [-0.25, -0.2) is 14.6 Å². The molecule has 0 saturated carbocycles. The van der Waals surface area contributed by atoms with Gasteiger partial charge in [0.25, 0.3) is 5.69 Å². The average Bonchev–Trinajstić information content (AvgIpc) is 3.33. The first-order chi connectivity index (χ1) is 18.3. The summed E-state index contributed by atoms with van der Waals surface area (Å²) in [6.45, 7) is 0. The molecule has 0 aliphatic heterocycles. The molecule has 1 aromatic heterocycles. The zero-order valence-electron chi connectivity index (χ0n) is 20.0. The van der Waals surface area contributed by atoms with Crippen LogP contribution in [0.5, 0.6) is 11.5 Å². The monoisotopic (exact) mass is 582 g/mol. The quantitative estimate of drug-likeness (QED) is 0.194. The van der Waals surface area contributed by atoms with E-state index >= 15 is 0 Å². The maximum atomic E-state index is 12.6. The second-order valence-corrected chi connectivity index (χ2v) is 8.98. The number of para-hydroxylation sites is 1. The Kier molecular flexibility index (Phi) is 8.93. The summed E-state index contributed by atoms with van der Waals surface area (Å²) in [5, 5.41) is 22.6. The number of halogens is 4. The number of benzene rings is 3. The zero-order chi connectivity index (χ0) is 28.9. The van der Waals surface area contributed by atoms with Crippen LogP contribution >= 0.6 is 22.9 Å². The lowest BCUT2D eigenvalue weighted by Crippen LogP contribution is -2.34. The number of aromatic carboxylic acids is 1. The molecule has 4 aromatic rings. The van der Waals surface area contributed by atoms with Gasteiger partial charge in [0.05, 0.1) is 25.7 Å². The molecule has 2 amide bonds. The molecule has 0 radical (unpaired) electrons. The first-order valence-corrected chi connectivity index (χ1v) is 11.9. The van der Waals surface area contributed by atoms with E-state index in [2.05, 4.69) is 10.3 Å². The van der Waals surface area contributed by atoms with Gasteiger partial charge < -0.3 is 15.2 Å². The number of carboxylic acids is 1. The van der Waals surface area contributed by atoms with Crippen molar-refractivity contribution in [3.63, 3.8) is 0 Å². The number of fused-ring (bicyclic) bond motifs is 1. The lowest BCUT2D eigenvalue weighted by molar-refractivity contribution is -0.385. The van der Waals surface area contributed by atoms with E-state index < -0.39 is 33.9 Å². The molecule has 15 heteroatoms. The average molecular weight is 583 g/mol. The molecule has 4 rings (SSSR count). The topological polar surface area (TPSA) is 135 Å². The first kappa shape index (κ1) is 29.1. The number of anilines is 1. The number of carbonyl (C=O) groups is 2. The van der Waals surface area contributed by atoms with Gasteiger partial charge in [-0.15, -0.1) is 0 Å². The van der Waals surface area contributed by atoms with Crippen molar-refractivity contribution in [2.75, 3.05) is 19.0 Å². The number of carbonyl (C=O) groups excluding carboxylic acids is 1. The van der Waals surface area contributed by atoms with Crippen LogP contribution in [0.1, 0.15) is 15.9 Å². The number of nitrogens with one attached hydrogen (secondary N) is 1. The number of hydrogen-bond acceptors (Lipinski definition) is 7. The van der Waals surface area contributed by atoms with E-state index in [1.807, 2.05) is 24.3 Å². The highest BCUT2D eigenvalue weighted by Gasteiger charge is 2.31. The van der Waals surface area contributed by atoms with E-state index in [1.54, 1.807) is 14.1 Å². The lowest BCUT2D eigenvalue weighted by atomic mass is 10.1. The van der Waals surface area contributed by atoms with Crippen molar-refractivity contribution < 1.29 is 37.5 Å². The van der Waals surface area contributed by atoms with Crippen molar-refractivity contribution in [1.82, 2.24) is 10.3 Å². The largest absolute Gasteiger partial charge is 0.477 e. The Hall–Kier alpha value is -4.43. The van der Waals surface area contributed by atoms with Crippen LogP contribution in [-0.4, -0.2) is 41.1 Å². The molecule has 204 valence electrons. The molecule has 39 heavy (non-hydrogen) atoms. The van der Waals surface area contributed by atoms with Crippen LogP contribution in [0.3, 0.4) is 0 Å². The maximum absolute atomic E-state index is 12.6. The summed E-state index contributed by atoms with van der Waals surface area (Å²) in [5.41, 5.74) is -1.32. The number of alkyl halides is 3. The minimum atomic E-state index is -4.58. The van der Waals surface area contributed by atoms with Crippen molar-refractivity contribution >= 4 is 56.0 Å². The number of nitro benzene ring substituents is 1. The van der Waals surface area contributed by atoms with Crippen molar-refractivity contribution in [3.05, 3.63) is 86.9 Å². The summed E-state index contributed by atoms with van der Waals surface area (Å²) in [4.78, 5) is 38.2. The summed E-state index contributed by atoms with van der Waals surface area (Å²) in [7, 11) is 3.31. The fourth-order valence-corrected chi connectivity index (χ4v) is 4.20. The Morgan fingerprint density at radius 3 is 2.41 bits per heavy atom. The van der Waals surface area contributed by atoms with Crippen molar-refractivity contribution in [2.45, 2.75) is 6.18 Å². The normalized spacial score (nSPS) is 10.8. The molecular formula is C24H18ClF3N4O6S. The third kappa shape index (κ3) is 7.12. The standard InChI is InChI=1S/C14H7ClF3NO5.C10H11N3OS/c15-10-5-7(14(16,17)18)1-4-12(10)24-8-2-3-11(19(22)23)9(6-8)13(20)21;1-11-9(14)13(2)10-12-7-5-3-4-6-8(7)15-10/h1-6H,(H,20,21);3-6H,1-2H3,(H,11,14). The molecule has 10 nitrogen and oxygen atoms in total. The van der Waals surface area contributed by atoms with Crippen LogP contribution in [0.25, 0.3) is 10.2 Å². The fourth-order valence-electron chi connectivity index (χ4n) is 3.05. The highest BCUT2D eigenvalue weighted by atomic mass is 35.5. The van der Waals surface area contributed by atoms with Gasteiger partial charge in [-0.2, -0.15) is 13.2 Å². The molecule has 0 atom stereocenters. The summed E-state index contributed by atoms with van der Waals surface area (Å²) >= 11 is 7.22. The van der Waals surface area contributed by atoms with Crippen LogP contribution in [0, 0.1) is 10.1 Å². The van der Waals surface area contributed by atoms with Crippen molar-refractivity contribution in [3.8, 4) is 11.5 Å². The molecule has 1 heterocycles. The van der Waals surface area contributed by atoms with Crippen LogP contribution in [0.2, 0.25) is 5.02 Å². The second-order valence-electron chi connectivity index (χ2n) is 7.56. The lowest BCUT2D eigenvalue weighted by Gasteiger charge is -2.11. The molecule has 2 N–H and O–H groups in total. The van der Waals surface area contributed by atoms with Gasteiger partial charge in [-0.3, -0.25) is 15.0 Å². The van der Waals surface area contributed by atoms with Gasteiger partial charge >= 0.3 is 18.2 Å². The van der Waals surface area contributed by atoms with Gasteiger partial charge in [0, 0.05) is 26.2 Å². The summed E-state index contributed by atoms with van der Waals surface area (Å²) in [6, 6.07) is 12.9. The Balaban J connectivity index is 0.000000239. The van der Waals surface area contributed by atoms with Crippen LogP contribution in [-0.2, 0) is 6.18 Å². The summed E-state index contributed by atoms with van der Waals surface area (Å²) in [5.74, 6) is -1.83. The maximum Gasteiger partial charge on any atom is 0.416 e. The molecule has 0 aliphatic rings. The van der Waals surface area contributed by atoms with E-state index in [0.29, 0.717) is 11.2 Å².